The molecule has 0 radical (unpaired) electrons. The normalized spacial score (nSPS) is 10.6. The first-order valence-electron chi connectivity index (χ1n) is 5.02. The molecular formula is C12H11N3O. The number of hydrogen-bond donors (Lipinski definition) is 0. The fourth-order valence-electron chi connectivity index (χ4n) is 1.72. The molecule has 0 bridgehead atoms. The van der Waals surface area contributed by atoms with Crippen LogP contribution >= 0.6 is 0 Å². The van der Waals surface area contributed by atoms with Crippen molar-refractivity contribution in [1.82, 2.24) is 9.55 Å². The van der Waals surface area contributed by atoms with Crippen LogP contribution in [0.15, 0.2) is 29.2 Å². The van der Waals surface area contributed by atoms with E-state index in [4.69, 9.17) is 6.57 Å². The second kappa shape index (κ2) is 3.78. The molecule has 0 aromatic carbocycles. The average Bonchev–Trinajstić information content (AvgIpc) is 2.27. The van der Waals surface area contributed by atoms with E-state index in [0.717, 1.165) is 11.0 Å². The van der Waals surface area contributed by atoms with Gasteiger partial charge in [0, 0.05) is 18.3 Å². The summed E-state index contributed by atoms with van der Waals surface area (Å²) in [5.74, 6) is 0. The predicted molar refractivity (Wildman–Crippen MR) is 62.7 cm³/mol. The van der Waals surface area contributed by atoms with Crippen LogP contribution in [0.25, 0.3) is 15.9 Å². The van der Waals surface area contributed by atoms with Crippen LogP contribution in [0.1, 0.15) is 19.9 Å². The molecule has 2 heterocycles. The first-order chi connectivity index (χ1) is 7.63. The van der Waals surface area contributed by atoms with E-state index in [0.29, 0.717) is 5.69 Å². The molecule has 0 aliphatic heterocycles. The van der Waals surface area contributed by atoms with E-state index in [-0.39, 0.29) is 11.6 Å². The maximum Gasteiger partial charge on any atom is 0.251 e. The Labute approximate surface area is 93.0 Å². The summed E-state index contributed by atoms with van der Waals surface area (Å²) in [5.41, 5.74) is 1.84. The topological polar surface area (TPSA) is 39.2 Å². The Balaban J connectivity index is 2.90. The van der Waals surface area contributed by atoms with Gasteiger partial charge in [-0.15, -0.1) is 0 Å². The van der Waals surface area contributed by atoms with Gasteiger partial charge in [-0.25, -0.2) is 4.85 Å². The number of aromatic nitrogens is 2. The van der Waals surface area contributed by atoms with Gasteiger partial charge >= 0.3 is 0 Å². The molecule has 0 aliphatic rings. The first-order valence-corrected chi connectivity index (χ1v) is 5.02. The van der Waals surface area contributed by atoms with Crippen molar-refractivity contribution in [3.63, 3.8) is 0 Å². The molecule has 0 amide bonds. The Kier molecular flexibility index (Phi) is 2.45. The summed E-state index contributed by atoms with van der Waals surface area (Å²) in [6, 6.07) is 4.95. The van der Waals surface area contributed by atoms with Gasteiger partial charge in [0.1, 0.15) is 0 Å². The van der Waals surface area contributed by atoms with E-state index < -0.39 is 0 Å². The minimum Gasteiger partial charge on any atom is -0.305 e. The zero-order valence-corrected chi connectivity index (χ0v) is 9.14. The summed E-state index contributed by atoms with van der Waals surface area (Å²) >= 11 is 0. The maximum atomic E-state index is 11.7. The SMILES string of the molecule is [C-]#[N+]c1cnc2ccc(=O)n(C(C)C)c2c1. The van der Waals surface area contributed by atoms with Crippen LogP contribution in [0.2, 0.25) is 0 Å². The lowest BCUT2D eigenvalue weighted by molar-refractivity contribution is 0.600. The molecule has 0 saturated carbocycles. The summed E-state index contributed by atoms with van der Waals surface area (Å²) in [6.07, 6.45) is 1.52. The number of fused-ring (bicyclic) bond motifs is 1. The molecule has 2 rings (SSSR count). The molecule has 2 aromatic heterocycles. The molecule has 4 nitrogen and oxygen atoms in total. The van der Waals surface area contributed by atoms with Gasteiger partial charge in [-0.1, -0.05) is 0 Å². The fraction of sp³-hybridized carbons (Fsp3) is 0.250. The number of rotatable bonds is 1. The van der Waals surface area contributed by atoms with Gasteiger partial charge in [0.05, 0.1) is 17.6 Å². The largest absolute Gasteiger partial charge is 0.305 e. The standard InChI is InChI=1S/C12H11N3O/c1-8(2)15-11-6-9(13-3)7-14-10(11)4-5-12(15)16/h4-8H,1-2H3. The van der Waals surface area contributed by atoms with Gasteiger partial charge in [-0.3, -0.25) is 9.78 Å². The van der Waals surface area contributed by atoms with E-state index >= 15 is 0 Å². The van der Waals surface area contributed by atoms with Crippen LogP contribution in [-0.2, 0) is 0 Å². The first kappa shape index (κ1) is 10.4. The summed E-state index contributed by atoms with van der Waals surface area (Å²) in [5, 5.41) is 0. The second-order valence-corrected chi connectivity index (χ2v) is 3.85. The van der Waals surface area contributed by atoms with E-state index in [1.54, 1.807) is 16.7 Å². The maximum absolute atomic E-state index is 11.7. The summed E-state index contributed by atoms with van der Waals surface area (Å²) < 4.78 is 1.65. The Morgan fingerprint density at radius 2 is 2.19 bits per heavy atom. The van der Waals surface area contributed by atoms with Gasteiger partial charge in [0.25, 0.3) is 5.56 Å². The van der Waals surface area contributed by atoms with Gasteiger partial charge in [-0.05, 0) is 26.0 Å². The minimum absolute atomic E-state index is 0.0546. The van der Waals surface area contributed by atoms with E-state index in [1.165, 1.54) is 12.3 Å². The Morgan fingerprint density at radius 3 is 2.81 bits per heavy atom. The van der Waals surface area contributed by atoms with Gasteiger partial charge in [-0.2, -0.15) is 0 Å². The lowest BCUT2D eigenvalue weighted by atomic mass is 10.2. The predicted octanol–water partition coefficient (Wildman–Crippen LogP) is 2.53. The summed E-state index contributed by atoms with van der Waals surface area (Å²) in [6.45, 7) is 10.8. The third-order valence-corrected chi connectivity index (χ3v) is 2.41. The van der Waals surface area contributed by atoms with Crippen molar-refractivity contribution in [2.24, 2.45) is 0 Å². The molecule has 4 heteroatoms. The zero-order chi connectivity index (χ0) is 11.7. The lowest BCUT2D eigenvalue weighted by Gasteiger charge is -2.13. The molecule has 0 N–H and O–H groups in total. The second-order valence-electron chi connectivity index (χ2n) is 3.85. The smallest absolute Gasteiger partial charge is 0.251 e. The van der Waals surface area contributed by atoms with Crippen LogP contribution in [0.5, 0.6) is 0 Å². The Morgan fingerprint density at radius 1 is 1.44 bits per heavy atom. The number of pyridine rings is 2. The molecule has 0 spiro atoms. The van der Waals surface area contributed by atoms with Crippen molar-refractivity contribution in [3.8, 4) is 0 Å². The molecule has 0 atom stereocenters. The highest BCUT2D eigenvalue weighted by Crippen LogP contribution is 2.19. The third kappa shape index (κ3) is 1.57. The Bertz CT molecular complexity index is 635. The average molecular weight is 213 g/mol. The highest BCUT2D eigenvalue weighted by Gasteiger charge is 2.07. The van der Waals surface area contributed by atoms with Crippen molar-refractivity contribution >= 4 is 16.7 Å². The molecular weight excluding hydrogens is 202 g/mol. The number of hydrogen-bond acceptors (Lipinski definition) is 2. The van der Waals surface area contributed by atoms with Crippen molar-refractivity contribution in [1.29, 1.82) is 0 Å². The van der Waals surface area contributed by atoms with Crippen LogP contribution in [0, 0.1) is 6.57 Å². The van der Waals surface area contributed by atoms with Crippen LogP contribution in [0.3, 0.4) is 0 Å². The van der Waals surface area contributed by atoms with Gasteiger partial charge in [0.15, 0.2) is 0 Å². The minimum atomic E-state index is -0.0635. The van der Waals surface area contributed by atoms with Crippen molar-refractivity contribution in [2.75, 3.05) is 0 Å². The van der Waals surface area contributed by atoms with Gasteiger partial charge in [0.2, 0.25) is 5.69 Å². The van der Waals surface area contributed by atoms with E-state index in [1.807, 2.05) is 13.8 Å². The highest BCUT2D eigenvalue weighted by molar-refractivity contribution is 5.78. The lowest BCUT2D eigenvalue weighted by Crippen LogP contribution is -2.21. The molecule has 0 fully saturated rings. The van der Waals surface area contributed by atoms with Gasteiger partial charge < -0.3 is 4.57 Å². The summed E-state index contributed by atoms with van der Waals surface area (Å²) in [7, 11) is 0. The van der Waals surface area contributed by atoms with Crippen molar-refractivity contribution in [3.05, 3.63) is 46.2 Å². The molecule has 0 aliphatic carbocycles. The fourth-order valence-corrected chi connectivity index (χ4v) is 1.72. The van der Waals surface area contributed by atoms with Crippen LogP contribution < -0.4 is 5.56 Å². The van der Waals surface area contributed by atoms with Crippen molar-refractivity contribution in [2.45, 2.75) is 19.9 Å². The monoisotopic (exact) mass is 213 g/mol. The molecule has 0 unspecified atom stereocenters. The van der Waals surface area contributed by atoms with E-state index in [9.17, 15) is 4.79 Å². The van der Waals surface area contributed by atoms with E-state index in [2.05, 4.69) is 9.83 Å². The Hall–Kier alpha value is -2.15. The highest BCUT2D eigenvalue weighted by atomic mass is 16.1. The quantitative estimate of drug-likeness (QED) is 0.683. The summed E-state index contributed by atoms with van der Waals surface area (Å²) in [4.78, 5) is 19.2. The molecule has 80 valence electrons. The molecule has 2 aromatic rings. The molecule has 0 saturated heterocycles. The molecule has 16 heavy (non-hydrogen) atoms. The number of nitrogens with zero attached hydrogens (tertiary/aromatic N) is 3. The van der Waals surface area contributed by atoms with Crippen molar-refractivity contribution < 1.29 is 0 Å². The zero-order valence-electron chi connectivity index (χ0n) is 9.14. The van der Waals surface area contributed by atoms with Crippen LogP contribution in [0.4, 0.5) is 5.69 Å². The third-order valence-electron chi connectivity index (χ3n) is 2.41. The van der Waals surface area contributed by atoms with Crippen LogP contribution in [-0.4, -0.2) is 9.55 Å².